The van der Waals surface area contributed by atoms with E-state index in [1.807, 2.05) is 0 Å². The van der Waals surface area contributed by atoms with Gasteiger partial charge in [-0.3, -0.25) is 4.90 Å². The summed E-state index contributed by atoms with van der Waals surface area (Å²) in [7, 11) is 0. The molecule has 0 spiro atoms. The highest BCUT2D eigenvalue weighted by Gasteiger charge is 2.05. The minimum Gasteiger partial charge on any atom is -0.380 e. The first-order valence-electron chi connectivity index (χ1n) is 3.43. The number of ether oxygens (including phenoxy) is 1. The van der Waals surface area contributed by atoms with Crippen LogP contribution in [0.3, 0.4) is 0 Å². The van der Waals surface area contributed by atoms with Crippen LogP contribution in [0.15, 0.2) is 0 Å². The molecule has 3 heteroatoms. The SMILES string of the molecule is NCN1CCCOCC1. The van der Waals surface area contributed by atoms with E-state index in [-0.39, 0.29) is 0 Å². The van der Waals surface area contributed by atoms with E-state index >= 15 is 0 Å². The summed E-state index contributed by atoms with van der Waals surface area (Å²) in [5.41, 5.74) is 5.44. The van der Waals surface area contributed by atoms with Crippen LogP contribution < -0.4 is 5.73 Å². The van der Waals surface area contributed by atoms with Gasteiger partial charge in [-0.2, -0.15) is 0 Å². The fraction of sp³-hybridized carbons (Fsp3) is 1.00. The van der Waals surface area contributed by atoms with Crippen molar-refractivity contribution in [2.75, 3.05) is 33.0 Å². The van der Waals surface area contributed by atoms with Crippen molar-refractivity contribution in [2.45, 2.75) is 6.42 Å². The number of nitrogens with zero attached hydrogens (tertiary/aromatic N) is 1. The van der Waals surface area contributed by atoms with Gasteiger partial charge in [0.1, 0.15) is 0 Å². The largest absolute Gasteiger partial charge is 0.380 e. The number of hydrogen-bond acceptors (Lipinski definition) is 3. The van der Waals surface area contributed by atoms with Gasteiger partial charge in [-0.25, -0.2) is 0 Å². The lowest BCUT2D eigenvalue weighted by molar-refractivity contribution is 0.142. The molecule has 2 N–H and O–H groups in total. The van der Waals surface area contributed by atoms with Crippen molar-refractivity contribution in [3.63, 3.8) is 0 Å². The Morgan fingerprint density at radius 3 is 3.00 bits per heavy atom. The zero-order valence-electron chi connectivity index (χ0n) is 5.68. The topological polar surface area (TPSA) is 38.5 Å². The van der Waals surface area contributed by atoms with E-state index in [4.69, 9.17) is 10.5 Å². The highest BCUT2D eigenvalue weighted by atomic mass is 16.5. The Bertz CT molecular complexity index is 69.5. The van der Waals surface area contributed by atoms with Crippen LogP contribution in [0.4, 0.5) is 0 Å². The molecule has 1 aliphatic rings. The van der Waals surface area contributed by atoms with Crippen LogP contribution >= 0.6 is 0 Å². The third-order valence-corrected chi connectivity index (χ3v) is 1.57. The summed E-state index contributed by atoms with van der Waals surface area (Å²) in [6, 6.07) is 0. The maximum absolute atomic E-state index is 5.44. The Morgan fingerprint density at radius 2 is 2.22 bits per heavy atom. The molecule has 1 saturated heterocycles. The van der Waals surface area contributed by atoms with Crippen molar-refractivity contribution in [1.82, 2.24) is 4.90 Å². The Kier molecular flexibility index (Phi) is 2.97. The predicted molar refractivity (Wildman–Crippen MR) is 36.1 cm³/mol. The highest BCUT2D eigenvalue weighted by molar-refractivity contribution is 4.57. The van der Waals surface area contributed by atoms with Gasteiger partial charge in [0.2, 0.25) is 0 Å². The molecule has 1 fully saturated rings. The molecule has 0 unspecified atom stereocenters. The monoisotopic (exact) mass is 130 g/mol. The van der Waals surface area contributed by atoms with Gasteiger partial charge >= 0.3 is 0 Å². The van der Waals surface area contributed by atoms with Crippen LogP contribution in [0, 0.1) is 0 Å². The standard InChI is InChI=1S/C6H14N2O/c7-6-8-2-1-4-9-5-3-8/h1-7H2. The van der Waals surface area contributed by atoms with Crippen molar-refractivity contribution in [2.24, 2.45) is 5.73 Å². The van der Waals surface area contributed by atoms with Crippen molar-refractivity contribution in [3.8, 4) is 0 Å². The lowest BCUT2D eigenvalue weighted by Gasteiger charge is -2.14. The van der Waals surface area contributed by atoms with Gasteiger partial charge in [-0.05, 0) is 6.42 Å². The van der Waals surface area contributed by atoms with Crippen LogP contribution in [0.2, 0.25) is 0 Å². The number of rotatable bonds is 1. The Labute approximate surface area is 55.8 Å². The molecular formula is C6H14N2O. The predicted octanol–water partition coefficient (Wildman–Crippen LogP) is -0.375. The van der Waals surface area contributed by atoms with Crippen molar-refractivity contribution < 1.29 is 4.74 Å². The molecule has 1 heterocycles. The third kappa shape index (κ3) is 2.30. The number of hydrogen-bond donors (Lipinski definition) is 1. The van der Waals surface area contributed by atoms with Crippen LogP contribution in [-0.2, 0) is 4.74 Å². The highest BCUT2D eigenvalue weighted by Crippen LogP contribution is 1.95. The average molecular weight is 130 g/mol. The first kappa shape index (κ1) is 6.99. The summed E-state index contributed by atoms with van der Waals surface area (Å²) in [5, 5.41) is 0. The zero-order chi connectivity index (χ0) is 6.53. The van der Waals surface area contributed by atoms with Gasteiger partial charge in [0.05, 0.1) is 6.61 Å². The fourth-order valence-electron chi connectivity index (χ4n) is 0.980. The number of nitrogens with two attached hydrogens (primary N) is 1. The summed E-state index contributed by atoms with van der Waals surface area (Å²) in [6.07, 6.45) is 1.12. The summed E-state index contributed by atoms with van der Waals surface area (Å²) >= 11 is 0. The van der Waals surface area contributed by atoms with Gasteiger partial charge in [0.25, 0.3) is 0 Å². The summed E-state index contributed by atoms with van der Waals surface area (Å²) in [4.78, 5) is 2.20. The normalized spacial score (nSPS) is 23.7. The summed E-state index contributed by atoms with van der Waals surface area (Å²) < 4.78 is 5.23. The molecule has 0 aromatic carbocycles. The molecule has 3 nitrogen and oxygen atoms in total. The maximum atomic E-state index is 5.44. The average Bonchev–Trinajstić information content (AvgIpc) is 2.13. The molecule has 1 aliphatic heterocycles. The Hall–Kier alpha value is -0.120. The smallest absolute Gasteiger partial charge is 0.0593 e. The molecule has 0 amide bonds. The molecule has 0 radical (unpaired) electrons. The molecule has 0 aliphatic carbocycles. The minimum atomic E-state index is 0.670. The van der Waals surface area contributed by atoms with Crippen LogP contribution in [-0.4, -0.2) is 37.9 Å². The summed E-state index contributed by atoms with van der Waals surface area (Å²) in [5.74, 6) is 0. The lowest BCUT2D eigenvalue weighted by atomic mass is 10.4. The maximum Gasteiger partial charge on any atom is 0.0593 e. The zero-order valence-corrected chi connectivity index (χ0v) is 5.68. The van der Waals surface area contributed by atoms with Gasteiger partial charge in [-0.1, -0.05) is 0 Å². The van der Waals surface area contributed by atoms with Gasteiger partial charge < -0.3 is 10.5 Å². The molecule has 54 valence electrons. The molecule has 0 bridgehead atoms. The van der Waals surface area contributed by atoms with Crippen LogP contribution in [0.1, 0.15) is 6.42 Å². The van der Waals surface area contributed by atoms with E-state index < -0.39 is 0 Å². The van der Waals surface area contributed by atoms with E-state index in [1.165, 1.54) is 0 Å². The van der Waals surface area contributed by atoms with Crippen molar-refractivity contribution in [1.29, 1.82) is 0 Å². The second-order valence-corrected chi connectivity index (χ2v) is 2.27. The quantitative estimate of drug-likeness (QED) is 0.526. The first-order chi connectivity index (χ1) is 4.43. The second kappa shape index (κ2) is 3.82. The minimum absolute atomic E-state index is 0.670. The molecule has 0 atom stereocenters. The van der Waals surface area contributed by atoms with E-state index in [9.17, 15) is 0 Å². The van der Waals surface area contributed by atoms with E-state index in [1.54, 1.807) is 0 Å². The van der Waals surface area contributed by atoms with Crippen molar-refractivity contribution in [3.05, 3.63) is 0 Å². The molecule has 0 aromatic heterocycles. The van der Waals surface area contributed by atoms with Gasteiger partial charge in [0, 0.05) is 26.4 Å². The van der Waals surface area contributed by atoms with E-state index in [0.717, 1.165) is 32.7 Å². The Balaban J connectivity index is 2.18. The molecular weight excluding hydrogens is 116 g/mol. The van der Waals surface area contributed by atoms with Crippen molar-refractivity contribution >= 4 is 0 Å². The van der Waals surface area contributed by atoms with Crippen LogP contribution in [0.25, 0.3) is 0 Å². The molecule has 1 rings (SSSR count). The van der Waals surface area contributed by atoms with E-state index in [2.05, 4.69) is 4.90 Å². The second-order valence-electron chi connectivity index (χ2n) is 2.27. The van der Waals surface area contributed by atoms with Crippen LogP contribution in [0.5, 0.6) is 0 Å². The molecule has 0 saturated carbocycles. The van der Waals surface area contributed by atoms with Gasteiger partial charge in [0.15, 0.2) is 0 Å². The fourth-order valence-corrected chi connectivity index (χ4v) is 0.980. The third-order valence-electron chi connectivity index (χ3n) is 1.57. The summed E-state index contributed by atoms with van der Waals surface area (Å²) in [6.45, 7) is 4.50. The first-order valence-corrected chi connectivity index (χ1v) is 3.43. The Morgan fingerprint density at radius 1 is 1.33 bits per heavy atom. The van der Waals surface area contributed by atoms with E-state index in [0.29, 0.717) is 6.67 Å². The lowest BCUT2D eigenvalue weighted by Crippen LogP contribution is -2.31. The molecule has 9 heavy (non-hydrogen) atoms. The van der Waals surface area contributed by atoms with Gasteiger partial charge in [-0.15, -0.1) is 0 Å². The molecule has 0 aromatic rings.